The fraction of sp³-hybridized carbons (Fsp3) is 0.167. The first-order valence-electron chi connectivity index (χ1n) is 5.07. The van der Waals surface area contributed by atoms with Gasteiger partial charge in [0.1, 0.15) is 5.70 Å². The number of fused-ring (bicyclic) bond motifs is 2. The van der Waals surface area contributed by atoms with Crippen LogP contribution in [0.25, 0.3) is 6.08 Å². The molecule has 2 heterocycles. The maximum Gasteiger partial charge on any atom is 0.276 e. The number of nitrogens with zero attached hydrogens (tertiary/aromatic N) is 2. The molecule has 0 aliphatic carbocycles. The monoisotopic (exact) mass is 230 g/mol. The molecule has 0 N–H and O–H groups in total. The van der Waals surface area contributed by atoms with Crippen LogP contribution in [-0.2, 0) is 11.3 Å². The first-order valence-corrected chi connectivity index (χ1v) is 5.48. The van der Waals surface area contributed by atoms with E-state index < -0.39 is 0 Å². The lowest BCUT2D eigenvalue weighted by Crippen LogP contribution is -2.29. The zero-order valence-electron chi connectivity index (χ0n) is 8.80. The van der Waals surface area contributed by atoms with Crippen LogP contribution in [0, 0.1) is 0 Å². The third-order valence-electron chi connectivity index (χ3n) is 3.01. The fourth-order valence-corrected chi connectivity index (χ4v) is 2.33. The van der Waals surface area contributed by atoms with Crippen LogP contribution >= 0.6 is 12.2 Å². The van der Waals surface area contributed by atoms with Crippen molar-refractivity contribution in [1.29, 1.82) is 0 Å². The lowest BCUT2D eigenvalue weighted by Gasteiger charge is -2.23. The lowest BCUT2D eigenvalue weighted by atomic mass is 10.0. The van der Waals surface area contributed by atoms with Crippen LogP contribution in [-0.4, -0.2) is 27.9 Å². The Kier molecular flexibility index (Phi) is 1.88. The van der Waals surface area contributed by atoms with E-state index in [1.807, 2.05) is 29.2 Å². The van der Waals surface area contributed by atoms with Gasteiger partial charge in [0.15, 0.2) is 5.11 Å². The average molecular weight is 230 g/mol. The van der Waals surface area contributed by atoms with Crippen LogP contribution in [0.5, 0.6) is 0 Å². The summed E-state index contributed by atoms with van der Waals surface area (Å²) in [5, 5.41) is 0.589. The Labute approximate surface area is 99.0 Å². The second-order valence-electron chi connectivity index (χ2n) is 3.96. The average Bonchev–Trinajstić information content (AvgIpc) is 2.52. The Hall–Kier alpha value is -1.68. The molecule has 0 saturated carbocycles. The number of thiocarbonyl (C=S) groups is 1. The highest BCUT2D eigenvalue weighted by Crippen LogP contribution is 2.30. The molecule has 1 aromatic rings. The second-order valence-corrected chi connectivity index (χ2v) is 4.33. The molecular formula is C12H10N2OS. The molecule has 0 spiro atoms. The SMILES string of the molecule is CN1C(=O)C2=Cc3ccccc3CN2C1=S. The maximum atomic E-state index is 11.9. The van der Waals surface area contributed by atoms with E-state index in [-0.39, 0.29) is 5.91 Å². The van der Waals surface area contributed by atoms with Crippen molar-refractivity contribution in [2.24, 2.45) is 0 Å². The number of likely N-dealkylation sites (N-methyl/N-ethyl adjacent to an activating group) is 1. The van der Waals surface area contributed by atoms with Crippen molar-refractivity contribution in [2.45, 2.75) is 6.54 Å². The van der Waals surface area contributed by atoms with Crippen molar-refractivity contribution in [3.8, 4) is 0 Å². The van der Waals surface area contributed by atoms with Crippen LogP contribution in [0.2, 0.25) is 0 Å². The predicted octanol–water partition coefficient (Wildman–Crippen LogP) is 1.60. The molecule has 1 saturated heterocycles. The Morgan fingerprint density at radius 1 is 1.31 bits per heavy atom. The largest absolute Gasteiger partial charge is 0.309 e. The molecule has 1 amide bonds. The van der Waals surface area contributed by atoms with Crippen LogP contribution in [0.15, 0.2) is 30.0 Å². The summed E-state index contributed by atoms with van der Waals surface area (Å²) in [6, 6.07) is 8.07. The van der Waals surface area contributed by atoms with Gasteiger partial charge in [-0.1, -0.05) is 24.3 Å². The minimum atomic E-state index is -0.0143. The molecule has 4 heteroatoms. The Balaban J connectivity index is 2.15. The van der Waals surface area contributed by atoms with Gasteiger partial charge in [-0.25, -0.2) is 0 Å². The van der Waals surface area contributed by atoms with Crippen molar-refractivity contribution in [2.75, 3.05) is 7.05 Å². The molecule has 16 heavy (non-hydrogen) atoms. The number of carbonyl (C=O) groups excluding carboxylic acids is 1. The van der Waals surface area contributed by atoms with E-state index in [1.54, 1.807) is 7.05 Å². The Morgan fingerprint density at radius 3 is 2.88 bits per heavy atom. The number of rotatable bonds is 0. The van der Waals surface area contributed by atoms with E-state index in [2.05, 4.69) is 6.07 Å². The minimum Gasteiger partial charge on any atom is -0.309 e. The van der Waals surface area contributed by atoms with Crippen LogP contribution < -0.4 is 0 Å². The zero-order chi connectivity index (χ0) is 11.3. The topological polar surface area (TPSA) is 23.6 Å². The van der Waals surface area contributed by atoms with E-state index in [1.165, 1.54) is 10.5 Å². The van der Waals surface area contributed by atoms with Crippen LogP contribution in [0.1, 0.15) is 11.1 Å². The van der Waals surface area contributed by atoms with Gasteiger partial charge in [0.05, 0.1) is 6.54 Å². The minimum absolute atomic E-state index is 0.0143. The lowest BCUT2D eigenvalue weighted by molar-refractivity contribution is -0.121. The molecule has 2 aliphatic heterocycles. The van der Waals surface area contributed by atoms with Gasteiger partial charge < -0.3 is 4.90 Å². The van der Waals surface area contributed by atoms with Crippen molar-refractivity contribution in [3.05, 3.63) is 41.1 Å². The summed E-state index contributed by atoms with van der Waals surface area (Å²) in [5.74, 6) is -0.0143. The quantitative estimate of drug-likeness (QED) is 0.632. The van der Waals surface area contributed by atoms with Crippen molar-refractivity contribution in [3.63, 3.8) is 0 Å². The van der Waals surface area contributed by atoms with E-state index in [0.717, 1.165) is 5.56 Å². The van der Waals surface area contributed by atoms with Gasteiger partial charge in [-0.2, -0.15) is 0 Å². The molecule has 80 valence electrons. The number of hydrogen-bond donors (Lipinski definition) is 0. The van der Waals surface area contributed by atoms with Crippen LogP contribution in [0.4, 0.5) is 0 Å². The number of hydrogen-bond acceptors (Lipinski definition) is 2. The van der Waals surface area contributed by atoms with Crippen LogP contribution in [0.3, 0.4) is 0 Å². The molecule has 0 radical (unpaired) electrons. The van der Waals surface area contributed by atoms with Gasteiger partial charge in [0.2, 0.25) is 0 Å². The molecule has 0 bridgehead atoms. The molecule has 0 aromatic heterocycles. The highest BCUT2D eigenvalue weighted by Gasteiger charge is 2.37. The summed E-state index contributed by atoms with van der Waals surface area (Å²) >= 11 is 5.24. The highest BCUT2D eigenvalue weighted by atomic mass is 32.1. The van der Waals surface area contributed by atoms with Gasteiger partial charge in [-0.3, -0.25) is 9.69 Å². The third kappa shape index (κ3) is 1.13. The van der Waals surface area contributed by atoms with Gasteiger partial charge in [0.25, 0.3) is 5.91 Å². The second kappa shape index (κ2) is 3.15. The molecular weight excluding hydrogens is 220 g/mol. The molecule has 2 aliphatic rings. The summed E-state index contributed by atoms with van der Waals surface area (Å²) in [7, 11) is 1.72. The first kappa shape index (κ1) is 9.54. The normalized spacial score (nSPS) is 18.4. The standard InChI is InChI=1S/C12H10N2OS/c1-13-11(15)10-6-8-4-2-3-5-9(8)7-14(10)12(13)16/h2-6H,7H2,1H3. The molecule has 1 aromatic carbocycles. The fourth-order valence-electron chi connectivity index (χ4n) is 2.09. The smallest absolute Gasteiger partial charge is 0.276 e. The van der Waals surface area contributed by atoms with Gasteiger partial charge in [0, 0.05) is 7.05 Å². The summed E-state index contributed by atoms with van der Waals surface area (Å²) in [5.41, 5.74) is 3.00. The molecule has 1 fully saturated rings. The summed E-state index contributed by atoms with van der Waals surface area (Å²) in [4.78, 5) is 15.3. The van der Waals surface area contributed by atoms with E-state index in [4.69, 9.17) is 12.2 Å². The van der Waals surface area contributed by atoms with Crippen molar-refractivity contribution >= 4 is 29.3 Å². The molecule has 0 unspecified atom stereocenters. The Morgan fingerprint density at radius 2 is 2.06 bits per heavy atom. The van der Waals surface area contributed by atoms with E-state index >= 15 is 0 Å². The van der Waals surface area contributed by atoms with Crippen molar-refractivity contribution in [1.82, 2.24) is 9.80 Å². The van der Waals surface area contributed by atoms with Gasteiger partial charge >= 0.3 is 0 Å². The first-order chi connectivity index (χ1) is 7.68. The molecule has 0 atom stereocenters. The summed E-state index contributed by atoms with van der Waals surface area (Å²) < 4.78 is 0. The zero-order valence-corrected chi connectivity index (χ0v) is 9.62. The van der Waals surface area contributed by atoms with Crippen molar-refractivity contribution < 1.29 is 4.79 Å². The number of benzene rings is 1. The van der Waals surface area contributed by atoms with E-state index in [9.17, 15) is 4.79 Å². The Bertz CT molecular complexity index is 536. The predicted molar refractivity (Wildman–Crippen MR) is 65.3 cm³/mol. The number of carbonyl (C=O) groups is 1. The number of amides is 1. The van der Waals surface area contributed by atoms with E-state index in [0.29, 0.717) is 17.4 Å². The maximum absolute atomic E-state index is 11.9. The molecule has 3 nitrogen and oxygen atoms in total. The third-order valence-corrected chi connectivity index (χ3v) is 3.50. The van der Waals surface area contributed by atoms with Gasteiger partial charge in [-0.15, -0.1) is 0 Å². The summed E-state index contributed by atoms with van der Waals surface area (Å²) in [6.45, 7) is 0.691. The summed E-state index contributed by atoms with van der Waals surface area (Å²) in [6.07, 6.45) is 1.91. The van der Waals surface area contributed by atoms with Gasteiger partial charge in [-0.05, 0) is 29.4 Å². The molecule has 3 rings (SSSR count). The highest BCUT2D eigenvalue weighted by molar-refractivity contribution is 7.80.